The Hall–Kier alpha value is -0.450. The molecule has 4 heteroatoms. The quantitative estimate of drug-likeness (QED) is 0.848. The number of rotatable bonds is 4. The fourth-order valence-electron chi connectivity index (χ4n) is 1.94. The fourth-order valence-corrected chi connectivity index (χ4v) is 2.83. The summed E-state index contributed by atoms with van der Waals surface area (Å²) in [4.78, 5) is 6.86. The molecule has 1 N–H and O–H groups in total. The first-order valence-electron chi connectivity index (χ1n) is 5.61. The molecule has 0 spiro atoms. The van der Waals surface area contributed by atoms with E-state index in [0.717, 1.165) is 44.6 Å². The predicted molar refractivity (Wildman–Crippen MR) is 62.0 cm³/mol. The second-order valence-electron chi connectivity index (χ2n) is 4.16. The lowest BCUT2D eigenvalue weighted by Crippen LogP contribution is -2.21. The molecule has 2 rings (SSSR count). The minimum atomic E-state index is -0.126. The van der Waals surface area contributed by atoms with Gasteiger partial charge in [0.15, 0.2) is 0 Å². The molecule has 3 nitrogen and oxygen atoms in total. The van der Waals surface area contributed by atoms with Gasteiger partial charge >= 0.3 is 0 Å². The maximum atomic E-state index is 9.41. The highest BCUT2D eigenvalue weighted by atomic mass is 32.1. The number of aliphatic hydroxyl groups excluding tert-OH is 1. The van der Waals surface area contributed by atoms with Crippen LogP contribution in [0.1, 0.15) is 30.5 Å². The molecule has 0 bridgehead atoms. The van der Waals surface area contributed by atoms with Gasteiger partial charge in [-0.1, -0.05) is 6.92 Å². The third-order valence-electron chi connectivity index (χ3n) is 2.70. The average Bonchev–Trinajstić information content (AvgIpc) is 2.78. The number of aryl methyl sites for hydroxylation is 1. The average molecular weight is 226 g/mol. The molecule has 1 atom stereocenters. The number of β-amino-alcohol motifs (C(OH)–C–C–N with tert-alkyl or cyclic N) is 1. The van der Waals surface area contributed by atoms with E-state index >= 15 is 0 Å². The van der Waals surface area contributed by atoms with Crippen molar-refractivity contribution in [3.63, 3.8) is 0 Å². The number of nitrogens with zero attached hydrogens (tertiary/aromatic N) is 2. The van der Waals surface area contributed by atoms with E-state index in [1.54, 1.807) is 11.3 Å². The second-order valence-corrected chi connectivity index (χ2v) is 5.10. The van der Waals surface area contributed by atoms with Crippen molar-refractivity contribution in [1.29, 1.82) is 0 Å². The number of likely N-dealkylation sites (tertiary alicyclic amines) is 1. The van der Waals surface area contributed by atoms with Gasteiger partial charge in [0.25, 0.3) is 0 Å². The van der Waals surface area contributed by atoms with Crippen LogP contribution < -0.4 is 0 Å². The van der Waals surface area contributed by atoms with Crippen molar-refractivity contribution in [1.82, 2.24) is 9.88 Å². The maximum Gasteiger partial charge on any atom is 0.0928 e. The first kappa shape index (κ1) is 11.0. The summed E-state index contributed by atoms with van der Waals surface area (Å²) in [6, 6.07) is 0. The van der Waals surface area contributed by atoms with Crippen molar-refractivity contribution in [2.75, 3.05) is 13.1 Å². The summed E-state index contributed by atoms with van der Waals surface area (Å²) in [5.41, 5.74) is 1.16. The van der Waals surface area contributed by atoms with E-state index < -0.39 is 0 Å². The molecule has 1 unspecified atom stereocenters. The Morgan fingerprint density at radius 2 is 2.53 bits per heavy atom. The molecule has 2 heterocycles. The highest BCUT2D eigenvalue weighted by Crippen LogP contribution is 2.16. The molecule has 0 aliphatic carbocycles. The highest BCUT2D eigenvalue weighted by molar-refractivity contribution is 7.09. The third kappa shape index (κ3) is 3.00. The smallest absolute Gasteiger partial charge is 0.0928 e. The van der Waals surface area contributed by atoms with Crippen LogP contribution in [-0.4, -0.2) is 34.2 Å². The monoisotopic (exact) mass is 226 g/mol. The standard InChI is InChI=1S/C11H18N2OS/c1-2-3-11-12-9(8-15-11)6-13-5-4-10(14)7-13/h8,10,14H,2-7H2,1H3. The minimum Gasteiger partial charge on any atom is -0.392 e. The van der Waals surface area contributed by atoms with Gasteiger partial charge in [-0.05, 0) is 19.3 Å². The molecule has 1 aliphatic heterocycles. The number of aliphatic hydroxyl groups is 1. The summed E-state index contributed by atoms with van der Waals surface area (Å²) >= 11 is 1.76. The first-order valence-corrected chi connectivity index (χ1v) is 6.49. The van der Waals surface area contributed by atoms with Gasteiger partial charge in [-0.2, -0.15) is 0 Å². The number of hydrogen-bond acceptors (Lipinski definition) is 4. The van der Waals surface area contributed by atoms with E-state index in [1.165, 1.54) is 5.01 Å². The van der Waals surface area contributed by atoms with Crippen molar-refractivity contribution < 1.29 is 5.11 Å². The molecule has 0 aromatic carbocycles. The third-order valence-corrected chi connectivity index (χ3v) is 3.65. The summed E-state index contributed by atoms with van der Waals surface area (Å²) in [6.45, 7) is 4.89. The highest BCUT2D eigenvalue weighted by Gasteiger charge is 2.20. The van der Waals surface area contributed by atoms with Crippen LogP contribution in [0.25, 0.3) is 0 Å². The van der Waals surface area contributed by atoms with Crippen molar-refractivity contribution in [3.05, 3.63) is 16.1 Å². The zero-order chi connectivity index (χ0) is 10.7. The van der Waals surface area contributed by atoms with Crippen molar-refractivity contribution in [2.24, 2.45) is 0 Å². The molecule has 15 heavy (non-hydrogen) atoms. The van der Waals surface area contributed by atoms with Gasteiger partial charge in [-0.25, -0.2) is 4.98 Å². The molecular formula is C11H18N2OS. The van der Waals surface area contributed by atoms with Crippen molar-refractivity contribution in [2.45, 2.75) is 38.8 Å². The Bertz CT molecular complexity index is 313. The van der Waals surface area contributed by atoms with Gasteiger partial charge in [0, 0.05) is 25.0 Å². The summed E-state index contributed by atoms with van der Waals surface area (Å²) in [7, 11) is 0. The van der Waals surface area contributed by atoms with Crippen LogP contribution in [0, 0.1) is 0 Å². The lowest BCUT2D eigenvalue weighted by Gasteiger charge is -2.12. The molecule has 0 amide bonds. The van der Waals surface area contributed by atoms with Gasteiger partial charge in [0.05, 0.1) is 16.8 Å². The SMILES string of the molecule is CCCc1nc(CN2CCC(O)C2)cs1. The van der Waals surface area contributed by atoms with Gasteiger partial charge in [-0.3, -0.25) is 4.90 Å². The van der Waals surface area contributed by atoms with E-state index in [9.17, 15) is 5.11 Å². The summed E-state index contributed by atoms with van der Waals surface area (Å²) in [6.07, 6.45) is 3.04. The lowest BCUT2D eigenvalue weighted by atomic mass is 10.3. The lowest BCUT2D eigenvalue weighted by molar-refractivity contribution is 0.174. The van der Waals surface area contributed by atoms with Crippen LogP contribution in [0.5, 0.6) is 0 Å². The minimum absolute atomic E-state index is 0.126. The zero-order valence-electron chi connectivity index (χ0n) is 9.15. The molecule has 0 radical (unpaired) electrons. The van der Waals surface area contributed by atoms with Crippen LogP contribution in [0.3, 0.4) is 0 Å². The predicted octanol–water partition coefficient (Wildman–Crippen LogP) is 1.66. The van der Waals surface area contributed by atoms with Gasteiger partial charge in [-0.15, -0.1) is 11.3 Å². The van der Waals surface area contributed by atoms with Crippen LogP contribution in [-0.2, 0) is 13.0 Å². The molecule has 1 aromatic heterocycles. The van der Waals surface area contributed by atoms with Gasteiger partial charge < -0.3 is 5.11 Å². The molecule has 1 aliphatic rings. The van der Waals surface area contributed by atoms with Crippen LogP contribution in [0.2, 0.25) is 0 Å². The summed E-state index contributed by atoms with van der Waals surface area (Å²) in [5.74, 6) is 0. The van der Waals surface area contributed by atoms with E-state index in [4.69, 9.17) is 0 Å². The Morgan fingerprint density at radius 1 is 1.67 bits per heavy atom. The van der Waals surface area contributed by atoms with Gasteiger partial charge in [0.1, 0.15) is 0 Å². The Kier molecular flexibility index (Phi) is 3.72. The number of aromatic nitrogens is 1. The molecule has 1 aromatic rings. The molecular weight excluding hydrogens is 208 g/mol. The van der Waals surface area contributed by atoms with E-state index in [0.29, 0.717) is 0 Å². The second kappa shape index (κ2) is 5.05. The zero-order valence-corrected chi connectivity index (χ0v) is 9.96. The number of thiazole rings is 1. The molecule has 1 fully saturated rings. The van der Waals surface area contributed by atoms with Crippen molar-refractivity contribution >= 4 is 11.3 Å². The fraction of sp³-hybridized carbons (Fsp3) is 0.727. The van der Waals surface area contributed by atoms with Crippen molar-refractivity contribution in [3.8, 4) is 0 Å². The first-order chi connectivity index (χ1) is 7.28. The largest absolute Gasteiger partial charge is 0.392 e. The van der Waals surface area contributed by atoms with Gasteiger partial charge in [0.2, 0.25) is 0 Å². The van der Waals surface area contributed by atoms with E-state index in [1.807, 2.05) is 0 Å². The Labute approximate surface area is 94.8 Å². The Balaban J connectivity index is 1.87. The van der Waals surface area contributed by atoms with Crippen LogP contribution in [0.15, 0.2) is 5.38 Å². The molecule has 0 saturated carbocycles. The summed E-state index contributed by atoms with van der Waals surface area (Å²) in [5, 5.41) is 12.8. The topological polar surface area (TPSA) is 36.4 Å². The Morgan fingerprint density at radius 3 is 3.20 bits per heavy atom. The number of hydrogen-bond donors (Lipinski definition) is 1. The van der Waals surface area contributed by atoms with E-state index in [-0.39, 0.29) is 6.10 Å². The van der Waals surface area contributed by atoms with Crippen LogP contribution in [0.4, 0.5) is 0 Å². The molecule has 1 saturated heterocycles. The maximum absolute atomic E-state index is 9.41. The summed E-state index contributed by atoms with van der Waals surface area (Å²) < 4.78 is 0. The van der Waals surface area contributed by atoms with E-state index in [2.05, 4.69) is 22.2 Å². The molecule has 84 valence electrons. The van der Waals surface area contributed by atoms with Crippen LogP contribution >= 0.6 is 11.3 Å². The normalized spacial score (nSPS) is 22.4.